The molecule has 1 fully saturated rings. The number of nitrogens with zero attached hydrogens (tertiary/aromatic N) is 1. The Morgan fingerprint density at radius 2 is 1.97 bits per heavy atom. The number of amides is 1. The van der Waals surface area contributed by atoms with Crippen LogP contribution in [0.4, 0.5) is 5.69 Å². The molecule has 1 saturated carbocycles. The van der Waals surface area contributed by atoms with Crippen LogP contribution in [0.3, 0.4) is 0 Å². The van der Waals surface area contributed by atoms with Gasteiger partial charge < -0.3 is 19.5 Å². The Labute approximate surface area is 169 Å². The van der Waals surface area contributed by atoms with Crippen LogP contribution >= 0.6 is 0 Å². The summed E-state index contributed by atoms with van der Waals surface area (Å²) in [6.07, 6.45) is 3.05. The van der Waals surface area contributed by atoms with E-state index in [-0.39, 0.29) is 29.7 Å². The number of esters is 1. The summed E-state index contributed by atoms with van der Waals surface area (Å²) < 4.78 is 15.5. The molecule has 9 heteroatoms. The number of ether oxygens (including phenoxy) is 3. The average molecular weight is 408 g/mol. The van der Waals surface area contributed by atoms with Crippen LogP contribution in [0.15, 0.2) is 12.1 Å². The second-order valence-corrected chi connectivity index (χ2v) is 7.23. The fourth-order valence-corrected chi connectivity index (χ4v) is 3.53. The summed E-state index contributed by atoms with van der Waals surface area (Å²) in [4.78, 5) is 35.3. The lowest BCUT2D eigenvalue weighted by Crippen LogP contribution is -2.45. The van der Waals surface area contributed by atoms with E-state index in [4.69, 9.17) is 14.2 Å². The molecule has 1 aromatic carbocycles. The molecule has 160 valence electrons. The number of methoxy groups -OCH3 is 1. The molecule has 3 atom stereocenters. The van der Waals surface area contributed by atoms with Crippen LogP contribution in [0.5, 0.6) is 11.5 Å². The van der Waals surface area contributed by atoms with Crippen molar-refractivity contribution in [2.75, 3.05) is 20.3 Å². The summed E-state index contributed by atoms with van der Waals surface area (Å²) in [7, 11) is 1.34. The van der Waals surface area contributed by atoms with Gasteiger partial charge >= 0.3 is 5.97 Å². The van der Waals surface area contributed by atoms with E-state index in [1.807, 2.05) is 0 Å². The molecule has 1 N–H and O–H groups in total. The van der Waals surface area contributed by atoms with Crippen molar-refractivity contribution in [3.8, 4) is 11.5 Å². The van der Waals surface area contributed by atoms with Crippen LogP contribution in [0, 0.1) is 22.0 Å². The monoisotopic (exact) mass is 408 g/mol. The maximum Gasteiger partial charge on any atom is 0.345 e. The SMILES string of the molecule is CCOc1cc(C(=O)OCC(=O)N[C@@H]2CCC[C@@H](C)[C@@H]2C)c([N+](=O)[O-])cc1OC. The summed E-state index contributed by atoms with van der Waals surface area (Å²) in [5.41, 5.74) is -0.780. The molecule has 0 bridgehead atoms. The minimum absolute atomic E-state index is 0.0323. The Balaban J connectivity index is 2.08. The Bertz CT molecular complexity index is 765. The minimum atomic E-state index is -0.972. The highest BCUT2D eigenvalue weighted by molar-refractivity contribution is 5.96. The third-order valence-electron chi connectivity index (χ3n) is 5.39. The smallest absolute Gasteiger partial charge is 0.345 e. The summed E-state index contributed by atoms with van der Waals surface area (Å²) in [6.45, 7) is 5.75. The molecule has 9 nitrogen and oxygen atoms in total. The fourth-order valence-electron chi connectivity index (χ4n) is 3.53. The maximum atomic E-state index is 12.4. The number of rotatable bonds is 8. The molecule has 2 rings (SSSR count). The van der Waals surface area contributed by atoms with Crippen molar-refractivity contribution in [3.05, 3.63) is 27.8 Å². The van der Waals surface area contributed by atoms with Crippen molar-refractivity contribution in [1.29, 1.82) is 0 Å². The summed E-state index contributed by atoms with van der Waals surface area (Å²) >= 11 is 0. The van der Waals surface area contributed by atoms with Gasteiger partial charge in [0.25, 0.3) is 11.6 Å². The number of hydrogen-bond donors (Lipinski definition) is 1. The second-order valence-electron chi connectivity index (χ2n) is 7.23. The number of hydrogen-bond acceptors (Lipinski definition) is 7. The minimum Gasteiger partial charge on any atom is -0.493 e. The fraction of sp³-hybridized carbons (Fsp3) is 0.600. The van der Waals surface area contributed by atoms with Crippen molar-refractivity contribution in [2.24, 2.45) is 11.8 Å². The van der Waals surface area contributed by atoms with Gasteiger partial charge in [0.15, 0.2) is 18.1 Å². The van der Waals surface area contributed by atoms with Crippen molar-refractivity contribution in [2.45, 2.75) is 46.1 Å². The van der Waals surface area contributed by atoms with Crippen molar-refractivity contribution >= 4 is 17.6 Å². The Kier molecular flexibility index (Phi) is 7.81. The van der Waals surface area contributed by atoms with Crippen LogP contribution in [0.25, 0.3) is 0 Å². The first kappa shape index (κ1) is 22.4. The second kappa shape index (κ2) is 10.1. The highest BCUT2D eigenvalue weighted by Crippen LogP contribution is 2.35. The van der Waals surface area contributed by atoms with Crippen LogP contribution in [0.2, 0.25) is 0 Å². The third kappa shape index (κ3) is 5.58. The third-order valence-corrected chi connectivity index (χ3v) is 5.39. The molecule has 0 spiro atoms. The molecule has 1 aromatic rings. The first-order valence-corrected chi connectivity index (χ1v) is 9.74. The Hall–Kier alpha value is -2.84. The molecule has 0 aromatic heterocycles. The molecule has 0 radical (unpaired) electrons. The molecular weight excluding hydrogens is 380 g/mol. The largest absolute Gasteiger partial charge is 0.493 e. The van der Waals surface area contributed by atoms with Gasteiger partial charge in [0.1, 0.15) is 5.56 Å². The first-order valence-electron chi connectivity index (χ1n) is 9.74. The molecule has 1 amide bonds. The maximum absolute atomic E-state index is 12.4. The van der Waals surface area contributed by atoms with E-state index in [2.05, 4.69) is 19.2 Å². The van der Waals surface area contributed by atoms with Gasteiger partial charge in [-0.3, -0.25) is 14.9 Å². The van der Waals surface area contributed by atoms with Crippen LogP contribution in [-0.4, -0.2) is 43.2 Å². The molecule has 0 aliphatic heterocycles. The van der Waals surface area contributed by atoms with Gasteiger partial charge in [-0.05, 0) is 25.2 Å². The molecule has 1 aliphatic carbocycles. The zero-order valence-electron chi connectivity index (χ0n) is 17.2. The Morgan fingerprint density at radius 3 is 2.59 bits per heavy atom. The first-order chi connectivity index (χ1) is 13.8. The average Bonchev–Trinajstić information content (AvgIpc) is 2.69. The van der Waals surface area contributed by atoms with Gasteiger partial charge in [-0.1, -0.05) is 26.7 Å². The quantitative estimate of drug-likeness (QED) is 0.399. The highest BCUT2D eigenvalue weighted by atomic mass is 16.6. The number of carbonyl (C=O) groups is 2. The van der Waals surface area contributed by atoms with Gasteiger partial charge in [0, 0.05) is 12.1 Å². The van der Waals surface area contributed by atoms with Gasteiger partial charge in [-0.15, -0.1) is 0 Å². The molecule has 0 saturated heterocycles. The number of nitrogens with one attached hydrogen (secondary N) is 1. The molecule has 0 unspecified atom stereocenters. The van der Waals surface area contributed by atoms with Crippen LogP contribution in [-0.2, 0) is 9.53 Å². The van der Waals surface area contributed by atoms with E-state index in [9.17, 15) is 19.7 Å². The number of nitro groups is 1. The normalized spacial score (nSPS) is 21.2. The van der Waals surface area contributed by atoms with E-state index in [0.29, 0.717) is 11.8 Å². The summed E-state index contributed by atoms with van der Waals surface area (Å²) in [6, 6.07) is 2.34. The lowest BCUT2D eigenvalue weighted by molar-refractivity contribution is -0.385. The standard InChI is InChI=1S/C20H28N2O7/c1-5-28-18-9-14(16(22(25)26)10-17(18)27-4)20(24)29-11-19(23)21-15-8-6-7-12(2)13(15)3/h9-10,12-13,15H,5-8,11H2,1-4H3,(H,21,23)/t12-,13+,15-/m1/s1. The zero-order chi connectivity index (χ0) is 21.6. The number of benzene rings is 1. The molecule has 29 heavy (non-hydrogen) atoms. The molecular formula is C20H28N2O7. The van der Waals surface area contributed by atoms with E-state index in [0.717, 1.165) is 25.3 Å². The zero-order valence-corrected chi connectivity index (χ0v) is 17.2. The van der Waals surface area contributed by atoms with E-state index >= 15 is 0 Å². The van der Waals surface area contributed by atoms with Crippen LogP contribution in [0.1, 0.15) is 50.4 Å². The lowest BCUT2D eigenvalue weighted by Gasteiger charge is -2.34. The van der Waals surface area contributed by atoms with Crippen molar-refractivity contribution in [1.82, 2.24) is 5.32 Å². The van der Waals surface area contributed by atoms with Gasteiger partial charge in [0.2, 0.25) is 0 Å². The Morgan fingerprint density at radius 1 is 1.24 bits per heavy atom. The van der Waals surface area contributed by atoms with Crippen LogP contribution < -0.4 is 14.8 Å². The number of nitro benzene ring substituents is 1. The van der Waals surface area contributed by atoms with Gasteiger partial charge in [-0.2, -0.15) is 0 Å². The van der Waals surface area contributed by atoms with E-state index < -0.39 is 29.1 Å². The van der Waals surface area contributed by atoms with Crippen molar-refractivity contribution in [3.63, 3.8) is 0 Å². The summed E-state index contributed by atoms with van der Waals surface area (Å²) in [5, 5.41) is 14.3. The van der Waals surface area contributed by atoms with E-state index in [1.165, 1.54) is 13.2 Å². The topological polar surface area (TPSA) is 117 Å². The van der Waals surface area contributed by atoms with Gasteiger partial charge in [-0.25, -0.2) is 4.79 Å². The summed E-state index contributed by atoms with van der Waals surface area (Å²) in [5.74, 6) is -0.239. The van der Waals surface area contributed by atoms with Crippen molar-refractivity contribution < 1.29 is 28.7 Å². The molecule has 0 heterocycles. The predicted octanol–water partition coefficient (Wildman–Crippen LogP) is 3.10. The van der Waals surface area contributed by atoms with E-state index in [1.54, 1.807) is 6.92 Å². The molecule has 1 aliphatic rings. The van der Waals surface area contributed by atoms with Gasteiger partial charge in [0.05, 0.1) is 24.7 Å². The predicted molar refractivity (Wildman–Crippen MR) is 105 cm³/mol. The number of carbonyl (C=O) groups excluding carboxylic acids is 2. The lowest BCUT2D eigenvalue weighted by atomic mass is 9.78. The highest BCUT2D eigenvalue weighted by Gasteiger charge is 2.29.